The van der Waals surface area contributed by atoms with Gasteiger partial charge in [-0.2, -0.15) is 0 Å². The van der Waals surface area contributed by atoms with E-state index in [0.29, 0.717) is 11.1 Å². The number of carbonyl (C=O) groups is 1. The van der Waals surface area contributed by atoms with Gasteiger partial charge in [-0.25, -0.2) is 0 Å². The van der Waals surface area contributed by atoms with E-state index in [-0.39, 0.29) is 11.9 Å². The number of amides is 1. The van der Waals surface area contributed by atoms with Gasteiger partial charge in [0.15, 0.2) is 6.04 Å². The van der Waals surface area contributed by atoms with Crippen LogP contribution in [-0.4, -0.2) is 36.6 Å². The molecule has 20 heavy (non-hydrogen) atoms. The van der Waals surface area contributed by atoms with Gasteiger partial charge >= 0.3 is 0 Å². The first kappa shape index (κ1) is 15.3. The first-order valence-corrected chi connectivity index (χ1v) is 7.69. The molecule has 0 saturated heterocycles. The lowest BCUT2D eigenvalue weighted by molar-refractivity contribution is -0.927. The first-order valence-electron chi connectivity index (χ1n) is 7.31. The summed E-state index contributed by atoms with van der Waals surface area (Å²) in [6, 6.07) is 7.82. The van der Waals surface area contributed by atoms with Crippen molar-refractivity contribution in [3.63, 3.8) is 0 Å². The third-order valence-electron chi connectivity index (χ3n) is 4.74. The van der Waals surface area contributed by atoms with Crippen LogP contribution in [0.25, 0.3) is 0 Å². The molecule has 1 aromatic carbocycles. The predicted octanol–water partition coefficient (Wildman–Crippen LogP) is 3.69. The molecule has 3 nitrogen and oxygen atoms in total. The van der Waals surface area contributed by atoms with Crippen molar-refractivity contribution in [2.75, 3.05) is 19.4 Å². The molecule has 1 saturated carbocycles. The molecular weight excluding hydrogens is 272 g/mol. The predicted molar refractivity (Wildman–Crippen MR) is 83.9 cm³/mol. The molecular formula is C16H24ClN2O+. The van der Waals surface area contributed by atoms with Gasteiger partial charge in [0, 0.05) is 10.7 Å². The summed E-state index contributed by atoms with van der Waals surface area (Å²) in [5, 5.41) is 3.61. The van der Waals surface area contributed by atoms with Gasteiger partial charge in [-0.05, 0) is 50.8 Å². The fourth-order valence-corrected chi connectivity index (χ4v) is 3.19. The number of likely N-dealkylation sites (N-methyl/N-ethyl adjacent to an activating group) is 1. The Kier molecular flexibility index (Phi) is 4.71. The zero-order valence-electron chi connectivity index (χ0n) is 12.5. The number of hydrogen-bond acceptors (Lipinski definition) is 1. The van der Waals surface area contributed by atoms with E-state index in [2.05, 4.69) is 19.4 Å². The molecule has 0 heterocycles. The van der Waals surface area contributed by atoms with Crippen LogP contribution in [0.4, 0.5) is 5.69 Å². The van der Waals surface area contributed by atoms with Gasteiger partial charge in [-0.15, -0.1) is 0 Å². The molecule has 1 N–H and O–H groups in total. The molecule has 110 valence electrons. The number of carbonyl (C=O) groups excluding carboxylic acids is 1. The van der Waals surface area contributed by atoms with E-state index < -0.39 is 0 Å². The molecule has 0 aromatic heterocycles. The lowest BCUT2D eigenvalue weighted by Crippen LogP contribution is -2.57. The summed E-state index contributed by atoms with van der Waals surface area (Å²) >= 11 is 5.95. The minimum Gasteiger partial charge on any atom is -0.321 e. The Morgan fingerprint density at radius 3 is 2.60 bits per heavy atom. The van der Waals surface area contributed by atoms with Crippen LogP contribution in [0.3, 0.4) is 0 Å². The largest absolute Gasteiger partial charge is 0.321 e. The van der Waals surface area contributed by atoms with Crippen LogP contribution >= 0.6 is 11.6 Å². The normalized spacial score (nSPS) is 18.0. The molecule has 1 amide bonds. The number of anilines is 1. The molecule has 1 aliphatic carbocycles. The Hall–Kier alpha value is -1.06. The molecule has 1 aromatic rings. The zero-order chi connectivity index (χ0) is 14.8. The SMILES string of the molecule is C[C@@H](C(=O)Nc1cccc(Cl)c1)[N+](C)(C)C1CCCC1. The Morgan fingerprint density at radius 2 is 2.00 bits per heavy atom. The minimum absolute atomic E-state index is 0.0594. The number of halogens is 1. The summed E-state index contributed by atoms with van der Waals surface area (Å²) in [6.07, 6.45) is 5.02. The Morgan fingerprint density at radius 1 is 1.35 bits per heavy atom. The van der Waals surface area contributed by atoms with E-state index in [1.54, 1.807) is 12.1 Å². The maximum atomic E-state index is 12.5. The fourth-order valence-electron chi connectivity index (χ4n) is 3.00. The molecule has 0 radical (unpaired) electrons. The van der Waals surface area contributed by atoms with Crippen molar-refractivity contribution in [1.29, 1.82) is 0 Å². The summed E-state index contributed by atoms with van der Waals surface area (Å²) in [7, 11) is 4.33. The molecule has 1 fully saturated rings. The van der Waals surface area contributed by atoms with Crippen molar-refractivity contribution < 1.29 is 9.28 Å². The van der Waals surface area contributed by atoms with E-state index >= 15 is 0 Å². The Bertz CT molecular complexity index is 481. The topological polar surface area (TPSA) is 29.1 Å². The Balaban J connectivity index is 2.04. The van der Waals surface area contributed by atoms with Crippen molar-refractivity contribution in [1.82, 2.24) is 0 Å². The maximum Gasteiger partial charge on any atom is 0.282 e. The van der Waals surface area contributed by atoms with Gasteiger partial charge in [-0.3, -0.25) is 4.79 Å². The summed E-state index contributed by atoms with van der Waals surface area (Å²) in [5.74, 6) is 0.0594. The van der Waals surface area contributed by atoms with Crippen LogP contribution in [0, 0.1) is 0 Å². The lowest BCUT2D eigenvalue weighted by Gasteiger charge is -2.40. The molecule has 1 atom stereocenters. The quantitative estimate of drug-likeness (QED) is 0.844. The smallest absolute Gasteiger partial charge is 0.282 e. The third kappa shape index (κ3) is 3.33. The Labute approximate surface area is 126 Å². The molecule has 2 rings (SSSR count). The second kappa shape index (κ2) is 6.15. The lowest BCUT2D eigenvalue weighted by atomic mass is 10.1. The van der Waals surface area contributed by atoms with Crippen molar-refractivity contribution >= 4 is 23.2 Å². The molecule has 0 aliphatic heterocycles. The second-order valence-corrected chi connectivity index (χ2v) is 6.68. The minimum atomic E-state index is -0.0721. The number of hydrogen-bond donors (Lipinski definition) is 1. The number of quaternary nitrogens is 1. The van der Waals surface area contributed by atoms with Crippen LogP contribution < -0.4 is 5.32 Å². The van der Waals surface area contributed by atoms with Gasteiger partial charge in [0.1, 0.15) is 0 Å². The highest BCUT2D eigenvalue weighted by molar-refractivity contribution is 6.30. The molecule has 0 bridgehead atoms. The highest BCUT2D eigenvalue weighted by Crippen LogP contribution is 2.29. The zero-order valence-corrected chi connectivity index (χ0v) is 13.3. The van der Waals surface area contributed by atoms with Crippen LogP contribution in [0.2, 0.25) is 5.02 Å². The van der Waals surface area contributed by atoms with Crippen LogP contribution in [0.15, 0.2) is 24.3 Å². The van der Waals surface area contributed by atoms with E-state index in [0.717, 1.165) is 10.2 Å². The van der Waals surface area contributed by atoms with Crippen LogP contribution in [0.5, 0.6) is 0 Å². The van der Waals surface area contributed by atoms with Crippen molar-refractivity contribution in [2.45, 2.75) is 44.7 Å². The van der Waals surface area contributed by atoms with Crippen molar-refractivity contribution in [2.24, 2.45) is 0 Å². The van der Waals surface area contributed by atoms with Crippen molar-refractivity contribution in [3.8, 4) is 0 Å². The molecule has 1 aliphatic rings. The van der Waals surface area contributed by atoms with E-state index in [9.17, 15) is 4.79 Å². The monoisotopic (exact) mass is 295 g/mol. The number of nitrogens with one attached hydrogen (secondary N) is 1. The van der Waals surface area contributed by atoms with Gasteiger partial charge in [0.05, 0.1) is 20.1 Å². The number of benzene rings is 1. The highest BCUT2D eigenvalue weighted by atomic mass is 35.5. The standard InChI is InChI=1S/C16H23ClN2O/c1-12(19(2,3)15-9-4-5-10-15)16(20)18-14-8-6-7-13(17)11-14/h6-8,11-12,15H,4-5,9-10H2,1-3H3/p+1/t12-/m0/s1. The fraction of sp³-hybridized carbons (Fsp3) is 0.562. The third-order valence-corrected chi connectivity index (χ3v) is 4.97. The first-order chi connectivity index (χ1) is 9.41. The summed E-state index contributed by atoms with van der Waals surface area (Å²) < 4.78 is 0.756. The number of rotatable bonds is 4. The van der Waals surface area contributed by atoms with Crippen molar-refractivity contribution in [3.05, 3.63) is 29.3 Å². The highest BCUT2D eigenvalue weighted by Gasteiger charge is 2.39. The van der Waals surface area contributed by atoms with Crippen LogP contribution in [-0.2, 0) is 4.79 Å². The van der Waals surface area contributed by atoms with E-state index in [4.69, 9.17) is 11.6 Å². The summed E-state index contributed by atoms with van der Waals surface area (Å²) in [6.45, 7) is 2.01. The van der Waals surface area contributed by atoms with Gasteiger partial charge in [0.25, 0.3) is 5.91 Å². The average molecular weight is 296 g/mol. The maximum absolute atomic E-state index is 12.5. The second-order valence-electron chi connectivity index (χ2n) is 6.24. The van der Waals surface area contributed by atoms with Gasteiger partial charge < -0.3 is 9.80 Å². The molecule has 0 unspecified atom stereocenters. The van der Waals surface area contributed by atoms with Gasteiger partial charge in [0.2, 0.25) is 0 Å². The molecule has 0 spiro atoms. The average Bonchev–Trinajstić information content (AvgIpc) is 2.92. The summed E-state index contributed by atoms with van der Waals surface area (Å²) in [5.41, 5.74) is 0.765. The summed E-state index contributed by atoms with van der Waals surface area (Å²) in [4.78, 5) is 12.5. The van der Waals surface area contributed by atoms with Gasteiger partial charge in [-0.1, -0.05) is 17.7 Å². The van der Waals surface area contributed by atoms with E-state index in [1.165, 1.54) is 25.7 Å². The molecule has 4 heteroatoms. The van der Waals surface area contributed by atoms with Crippen LogP contribution in [0.1, 0.15) is 32.6 Å². The van der Waals surface area contributed by atoms with E-state index in [1.807, 2.05) is 19.1 Å². The number of nitrogens with zero attached hydrogens (tertiary/aromatic N) is 1.